The van der Waals surface area contributed by atoms with Crippen LogP contribution in [0, 0.1) is 5.82 Å². The van der Waals surface area contributed by atoms with Gasteiger partial charge in [0.1, 0.15) is 5.82 Å². The Kier molecular flexibility index (Phi) is 5.28. The van der Waals surface area contributed by atoms with Gasteiger partial charge in [0.2, 0.25) is 0 Å². The van der Waals surface area contributed by atoms with Crippen LogP contribution in [0.1, 0.15) is 25.5 Å². The Labute approximate surface area is 107 Å². The van der Waals surface area contributed by atoms with E-state index in [1.807, 2.05) is 18.2 Å². The van der Waals surface area contributed by atoms with Crippen LogP contribution in [-0.4, -0.2) is 30.2 Å². The third kappa shape index (κ3) is 3.36. The molecule has 0 aromatic heterocycles. The molecule has 0 bridgehead atoms. The SMILES string of the molecule is CSCC(C)N(C)c1c(F)cccc1[C@H](C)O. The van der Waals surface area contributed by atoms with Gasteiger partial charge in [-0.1, -0.05) is 12.1 Å². The zero-order valence-electron chi connectivity index (χ0n) is 10.8. The second-order valence-corrected chi connectivity index (χ2v) is 5.18. The summed E-state index contributed by atoms with van der Waals surface area (Å²) >= 11 is 1.73. The highest BCUT2D eigenvalue weighted by Gasteiger charge is 2.19. The van der Waals surface area contributed by atoms with Gasteiger partial charge in [-0.3, -0.25) is 0 Å². The van der Waals surface area contributed by atoms with Crippen molar-refractivity contribution in [1.82, 2.24) is 0 Å². The van der Waals surface area contributed by atoms with Crippen molar-refractivity contribution < 1.29 is 9.50 Å². The maximum absolute atomic E-state index is 13.9. The molecular formula is C13H20FNOS. The number of para-hydroxylation sites is 1. The summed E-state index contributed by atoms with van der Waals surface area (Å²) in [5, 5.41) is 9.69. The Hall–Kier alpha value is -0.740. The van der Waals surface area contributed by atoms with Gasteiger partial charge < -0.3 is 10.0 Å². The summed E-state index contributed by atoms with van der Waals surface area (Å²) in [6.45, 7) is 3.71. The molecule has 2 atom stereocenters. The van der Waals surface area contributed by atoms with Crippen LogP contribution in [0.25, 0.3) is 0 Å². The van der Waals surface area contributed by atoms with Crippen molar-refractivity contribution in [3.8, 4) is 0 Å². The average molecular weight is 257 g/mol. The molecular weight excluding hydrogens is 237 g/mol. The van der Waals surface area contributed by atoms with E-state index in [0.717, 1.165) is 5.75 Å². The number of thioether (sulfide) groups is 1. The van der Waals surface area contributed by atoms with Crippen molar-refractivity contribution in [2.24, 2.45) is 0 Å². The zero-order chi connectivity index (χ0) is 13.0. The third-order valence-corrected chi connectivity index (χ3v) is 3.71. The maximum Gasteiger partial charge on any atom is 0.146 e. The number of halogens is 1. The van der Waals surface area contributed by atoms with Gasteiger partial charge in [0, 0.05) is 24.4 Å². The number of benzene rings is 1. The minimum atomic E-state index is -0.662. The van der Waals surface area contributed by atoms with Gasteiger partial charge in [-0.2, -0.15) is 11.8 Å². The first-order chi connectivity index (χ1) is 7.99. The summed E-state index contributed by atoms with van der Waals surface area (Å²) in [5.41, 5.74) is 1.14. The van der Waals surface area contributed by atoms with Crippen LogP contribution in [-0.2, 0) is 0 Å². The molecule has 0 spiro atoms. The fourth-order valence-electron chi connectivity index (χ4n) is 1.81. The molecule has 0 aliphatic carbocycles. The highest BCUT2D eigenvalue weighted by Crippen LogP contribution is 2.30. The van der Waals surface area contributed by atoms with Crippen molar-refractivity contribution >= 4 is 17.4 Å². The van der Waals surface area contributed by atoms with Crippen LogP contribution >= 0.6 is 11.8 Å². The van der Waals surface area contributed by atoms with Gasteiger partial charge in [-0.05, 0) is 26.2 Å². The highest BCUT2D eigenvalue weighted by atomic mass is 32.2. The number of hydrogen-bond acceptors (Lipinski definition) is 3. The molecule has 0 saturated carbocycles. The average Bonchev–Trinajstić information content (AvgIpc) is 2.28. The van der Waals surface area contributed by atoms with Crippen LogP contribution in [0.15, 0.2) is 18.2 Å². The van der Waals surface area contributed by atoms with Crippen LogP contribution in [0.2, 0.25) is 0 Å². The number of rotatable bonds is 5. The van der Waals surface area contributed by atoms with Gasteiger partial charge in [-0.15, -0.1) is 0 Å². The van der Waals surface area contributed by atoms with Crippen molar-refractivity contribution in [2.45, 2.75) is 26.0 Å². The lowest BCUT2D eigenvalue weighted by Gasteiger charge is -2.29. The van der Waals surface area contributed by atoms with E-state index in [0.29, 0.717) is 11.3 Å². The number of aliphatic hydroxyl groups is 1. The maximum atomic E-state index is 13.9. The quantitative estimate of drug-likeness (QED) is 0.877. The van der Waals surface area contributed by atoms with E-state index in [9.17, 15) is 9.50 Å². The van der Waals surface area contributed by atoms with Crippen molar-refractivity contribution in [2.75, 3.05) is 24.0 Å². The molecule has 96 valence electrons. The molecule has 1 N–H and O–H groups in total. The van der Waals surface area contributed by atoms with E-state index in [4.69, 9.17) is 0 Å². The Balaban J connectivity index is 3.10. The minimum Gasteiger partial charge on any atom is -0.389 e. The molecule has 0 heterocycles. The van der Waals surface area contributed by atoms with Crippen LogP contribution in [0.3, 0.4) is 0 Å². The standard InChI is InChI=1S/C13H20FNOS/c1-9(8-17-4)15(3)13-11(10(2)16)6-5-7-12(13)14/h5-7,9-10,16H,8H2,1-4H3/t9?,10-/m0/s1. The topological polar surface area (TPSA) is 23.5 Å². The molecule has 0 radical (unpaired) electrons. The first kappa shape index (κ1) is 14.3. The lowest BCUT2D eigenvalue weighted by Crippen LogP contribution is -2.32. The molecule has 1 rings (SSSR count). The first-order valence-electron chi connectivity index (χ1n) is 5.67. The molecule has 0 amide bonds. The summed E-state index contributed by atoms with van der Waals surface area (Å²) in [6, 6.07) is 5.06. The molecule has 0 fully saturated rings. The molecule has 0 aliphatic heterocycles. The smallest absolute Gasteiger partial charge is 0.146 e. The fourth-order valence-corrected chi connectivity index (χ4v) is 2.52. The van der Waals surface area contributed by atoms with E-state index in [2.05, 4.69) is 6.92 Å². The highest BCUT2D eigenvalue weighted by molar-refractivity contribution is 7.98. The van der Waals surface area contributed by atoms with E-state index in [-0.39, 0.29) is 11.9 Å². The predicted molar refractivity (Wildman–Crippen MR) is 73.3 cm³/mol. The first-order valence-corrected chi connectivity index (χ1v) is 7.06. The van der Waals surface area contributed by atoms with Crippen molar-refractivity contribution in [3.05, 3.63) is 29.6 Å². The number of aliphatic hydroxyl groups excluding tert-OH is 1. The summed E-state index contributed by atoms with van der Waals surface area (Å²) in [4.78, 5) is 1.90. The Morgan fingerprint density at radius 2 is 2.06 bits per heavy atom. The van der Waals surface area contributed by atoms with Gasteiger partial charge in [0.25, 0.3) is 0 Å². The molecule has 1 aromatic rings. The minimum absolute atomic E-state index is 0.222. The van der Waals surface area contributed by atoms with Crippen molar-refractivity contribution in [1.29, 1.82) is 0 Å². The van der Waals surface area contributed by atoms with Gasteiger partial charge >= 0.3 is 0 Å². The largest absolute Gasteiger partial charge is 0.389 e. The van der Waals surface area contributed by atoms with Crippen LogP contribution in [0.5, 0.6) is 0 Å². The molecule has 4 heteroatoms. The van der Waals surface area contributed by atoms with Gasteiger partial charge in [0.05, 0.1) is 11.8 Å². The van der Waals surface area contributed by atoms with Crippen LogP contribution in [0.4, 0.5) is 10.1 Å². The number of nitrogens with zero attached hydrogens (tertiary/aromatic N) is 1. The molecule has 2 nitrogen and oxygen atoms in total. The van der Waals surface area contributed by atoms with Gasteiger partial charge in [0.15, 0.2) is 0 Å². The Bertz CT molecular complexity index is 370. The summed E-state index contributed by atoms with van der Waals surface area (Å²) in [7, 11) is 1.87. The third-order valence-electron chi connectivity index (χ3n) is 2.89. The zero-order valence-corrected chi connectivity index (χ0v) is 11.6. The molecule has 0 saturated heterocycles. The van der Waals surface area contributed by atoms with E-state index >= 15 is 0 Å². The lowest BCUT2D eigenvalue weighted by atomic mass is 10.1. The molecule has 0 aliphatic rings. The van der Waals surface area contributed by atoms with Crippen molar-refractivity contribution in [3.63, 3.8) is 0 Å². The fraction of sp³-hybridized carbons (Fsp3) is 0.538. The molecule has 1 aromatic carbocycles. The van der Waals surface area contributed by atoms with E-state index < -0.39 is 6.10 Å². The number of hydrogen-bond donors (Lipinski definition) is 1. The van der Waals surface area contributed by atoms with E-state index in [1.165, 1.54) is 6.07 Å². The second kappa shape index (κ2) is 6.26. The molecule has 1 unspecified atom stereocenters. The summed E-state index contributed by atoms with van der Waals surface area (Å²) in [5.74, 6) is 0.642. The lowest BCUT2D eigenvalue weighted by molar-refractivity contribution is 0.199. The summed E-state index contributed by atoms with van der Waals surface area (Å²) in [6.07, 6.45) is 1.37. The Morgan fingerprint density at radius 1 is 1.41 bits per heavy atom. The van der Waals surface area contributed by atoms with Gasteiger partial charge in [-0.25, -0.2) is 4.39 Å². The second-order valence-electron chi connectivity index (χ2n) is 4.27. The van der Waals surface area contributed by atoms with Crippen LogP contribution < -0.4 is 4.90 Å². The Morgan fingerprint density at radius 3 is 2.59 bits per heavy atom. The normalized spacial score (nSPS) is 14.5. The summed E-state index contributed by atoms with van der Waals surface area (Å²) < 4.78 is 13.9. The predicted octanol–water partition coefficient (Wildman–Crippen LogP) is 3.07. The molecule has 17 heavy (non-hydrogen) atoms. The number of anilines is 1. The monoisotopic (exact) mass is 257 g/mol. The van der Waals surface area contributed by atoms with E-state index in [1.54, 1.807) is 30.8 Å².